The van der Waals surface area contributed by atoms with Crippen molar-refractivity contribution in [3.63, 3.8) is 0 Å². The zero-order valence-corrected chi connectivity index (χ0v) is 14.5. The van der Waals surface area contributed by atoms with Gasteiger partial charge >= 0.3 is 5.97 Å². The first-order chi connectivity index (χ1) is 10.8. The fourth-order valence-electron chi connectivity index (χ4n) is 2.87. The average Bonchev–Trinajstić information content (AvgIpc) is 2.92. The molecule has 1 amide bonds. The first-order valence-electron chi connectivity index (χ1n) is 8.21. The molecular weight excluding hydrogens is 292 g/mol. The number of amides is 1. The van der Waals surface area contributed by atoms with Gasteiger partial charge in [-0.05, 0) is 52.7 Å². The third-order valence-electron chi connectivity index (χ3n) is 3.79. The predicted octanol–water partition coefficient (Wildman–Crippen LogP) is 3.18. The van der Waals surface area contributed by atoms with Gasteiger partial charge in [0.25, 0.3) is 0 Å². The van der Waals surface area contributed by atoms with E-state index in [9.17, 15) is 9.59 Å². The molecule has 0 bridgehead atoms. The van der Waals surface area contributed by atoms with Gasteiger partial charge in [-0.3, -0.25) is 14.6 Å². The molecule has 0 N–H and O–H groups in total. The second-order valence-electron chi connectivity index (χ2n) is 7.04. The summed E-state index contributed by atoms with van der Waals surface area (Å²) < 4.78 is 5.26. The van der Waals surface area contributed by atoms with Crippen LogP contribution in [0.5, 0.6) is 0 Å². The van der Waals surface area contributed by atoms with Gasteiger partial charge in [-0.25, -0.2) is 0 Å². The van der Waals surface area contributed by atoms with Crippen LogP contribution in [0, 0.1) is 6.92 Å². The molecule has 0 radical (unpaired) electrons. The van der Waals surface area contributed by atoms with Crippen LogP contribution in [0.4, 0.5) is 0 Å². The number of carbonyl (C=O) groups is 2. The highest BCUT2D eigenvalue weighted by atomic mass is 16.6. The summed E-state index contributed by atoms with van der Waals surface area (Å²) in [7, 11) is 0. The smallest absolute Gasteiger partial charge is 0.306 e. The van der Waals surface area contributed by atoms with Crippen LogP contribution in [0.2, 0.25) is 0 Å². The fraction of sp³-hybridized carbons (Fsp3) is 0.611. The van der Waals surface area contributed by atoms with Gasteiger partial charge in [0, 0.05) is 18.7 Å². The van der Waals surface area contributed by atoms with Gasteiger partial charge in [-0.15, -0.1) is 0 Å². The van der Waals surface area contributed by atoms with Crippen LogP contribution in [0.15, 0.2) is 18.2 Å². The molecule has 1 saturated heterocycles. The van der Waals surface area contributed by atoms with E-state index in [2.05, 4.69) is 4.98 Å². The highest BCUT2D eigenvalue weighted by molar-refractivity contribution is 5.82. The summed E-state index contributed by atoms with van der Waals surface area (Å²) in [5, 5.41) is 0. The van der Waals surface area contributed by atoms with E-state index in [0.29, 0.717) is 0 Å². The Bertz CT molecular complexity index is 578. The number of carbonyl (C=O) groups excluding carboxylic acids is 2. The standard InChI is InChI=1S/C18H26N2O3/c1-13-7-5-8-14(19-13)15-9-6-12-20(15)16(21)10-11-17(22)23-18(2,3)4/h5,7-8,15H,6,9-12H2,1-4H3/t15-/m1/s1. The van der Waals surface area contributed by atoms with Crippen molar-refractivity contribution in [1.82, 2.24) is 9.88 Å². The molecule has 0 aliphatic carbocycles. The Labute approximate surface area is 138 Å². The molecule has 1 atom stereocenters. The summed E-state index contributed by atoms with van der Waals surface area (Å²) in [6, 6.07) is 5.92. The minimum atomic E-state index is -0.512. The Morgan fingerprint density at radius 1 is 1.30 bits per heavy atom. The monoisotopic (exact) mass is 318 g/mol. The van der Waals surface area contributed by atoms with Gasteiger partial charge in [0.1, 0.15) is 5.60 Å². The van der Waals surface area contributed by atoms with Crippen molar-refractivity contribution >= 4 is 11.9 Å². The highest BCUT2D eigenvalue weighted by Gasteiger charge is 2.31. The van der Waals surface area contributed by atoms with Crippen molar-refractivity contribution < 1.29 is 14.3 Å². The maximum atomic E-state index is 12.5. The van der Waals surface area contributed by atoms with Crippen LogP contribution < -0.4 is 0 Å². The summed E-state index contributed by atoms with van der Waals surface area (Å²) in [5.74, 6) is -0.322. The molecule has 1 aromatic rings. The van der Waals surface area contributed by atoms with Crippen LogP contribution in [0.3, 0.4) is 0 Å². The molecule has 1 aliphatic rings. The Balaban J connectivity index is 1.94. The second-order valence-corrected chi connectivity index (χ2v) is 7.04. The van der Waals surface area contributed by atoms with E-state index in [1.807, 2.05) is 50.8 Å². The molecule has 2 rings (SSSR count). The van der Waals surface area contributed by atoms with E-state index in [4.69, 9.17) is 4.74 Å². The molecule has 5 heteroatoms. The van der Waals surface area contributed by atoms with Crippen molar-refractivity contribution in [2.24, 2.45) is 0 Å². The van der Waals surface area contributed by atoms with Gasteiger partial charge in [-0.2, -0.15) is 0 Å². The van der Waals surface area contributed by atoms with Crippen LogP contribution in [0.1, 0.15) is 63.9 Å². The largest absolute Gasteiger partial charge is 0.460 e. The number of nitrogens with zero attached hydrogens (tertiary/aromatic N) is 2. The van der Waals surface area contributed by atoms with Gasteiger partial charge < -0.3 is 9.64 Å². The van der Waals surface area contributed by atoms with Gasteiger partial charge in [0.15, 0.2) is 0 Å². The number of ether oxygens (including phenoxy) is 1. The van der Waals surface area contributed by atoms with Gasteiger partial charge in [0.2, 0.25) is 5.91 Å². The zero-order valence-electron chi connectivity index (χ0n) is 14.5. The molecule has 0 aromatic carbocycles. The molecule has 2 heterocycles. The van der Waals surface area contributed by atoms with E-state index >= 15 is 0 Å². The third kappa shape index (κ3) is 5.05. The van der Waals surface area contributed by atoms with Crippen molar-refractivity contribution in [3.8, 4) is 0 Å². The number of rotatable bonds is 4. The summed E-state index contributed by atoms with van der Waals surface area (Å²) in [5.41, 5.74) is 1.38. The van der Waals surface area contributed by atoms with Crippen molar-refractivity contribution in [1.29, 1.82) is 0 Å². The molecule has 23 heavy (non-hydrogen) atoms. The maximum Gasteiger partial charge on any atom is 0.306 e. The lowest BCUT2D eigenvalue weighted by Gasteiger charge is -2.25. The second kappa shape index (κ2) is 7.11. The molecule has 0 unspecified atom stereocenters. The van der Waals surface area contributed by atoms with Gasteiger partial charge in [0.05, 0.1) is 18.2 Å². The number of hydrogen-bond acceptors (Lipinski definition) is 4. The Kier molecular flexibility index (Phi) is 5.39. The lowest BCUT2D eigenvalue weighted by molar-refractivity contribution is -0.156. The van der Waals surface area contributed by atoms with Crippen LogP contribution >= 0.6 is 0 Å². The third-order valence-corrected chi connectivity index (χ3v) is 3.79. The lowest BCUT2D eigenvalue weighted by atomic mass is 10.1. The van der Waals surface area contributed by atoms with E-state index in [1.165, 1.54) is 0 Å². The van der Waals surface area contributed by atoms with Crippen molar-refractivity contribution in [2.45, 2.75) is 65.0 Å². The summed E-state index contributed by atoms with van der Waals surface area (Å²) in [4.78, 5) is 30.6. The van der Waals surface area contributed by atoms with Crippen LogP contribution in [-0.4, -0.2) is 33.9 Å². The molecule has 1 fully saturated rings. The van der Waals surface area contributed by atoms with E-state index in [1.54, 1.807) is 0 Å². The zero-order chi connectivity index (χ0) is 17.0. The first kappa shape index (κ1) is 17.4. The van der Waals surface area contributed by atoms with Gasteiger partial charge in [-0.1, -0.05) is 6.07 Å². The minimum absolute atomic E-state index is 0.00154. The number of hydrogen-bond donors (Lipinski definition) is 0. The van der Waals surface area contributed by atoms with E-state index < -0.39 is 5.60 Å². The minimum Gasteiger partial charge on any atom is -0.460 e. The van der Waals surface area contributed by atoms with Crippen molar-refractivity contribution in [3.05, 3.63) is 29.6 Å². The average molecular weight is 318 g/mol. The lowest BCUT2D eigenvalue weighted by Crippen LogP contribution is -2.32. The molecule has 1 aromatic heterocycles. The maximum absolute atomic E-state index is 12.5. The number of aromatic nitrogens is 1. The van der Waals surface area contributed by atoms with E-state index in [-0.39, 0.29) is 30.8 Å². The molecule has 1 aliphatic heterocycles. The first-order valence-corrected chi connectivity index (χ1v) is 8.21. The fourth-order valence-corrected chi connectivity index (χ4v) is 2.87. The predicted molar refractivity (Wildman–Crippen MR) is 87.7 cm³/mol. The van der Waals surface area contributed by atoms with E-state index in [0.717, 1.165) is 30.8 Å². The Morgan fingerprint density at radius 2 is 2.04 bits per heavy atom. The molecule has 0 spiro atoms. The summed E-state index contributed by atoms with van der Waals surface area (Å²) in [6.07, 6.45) is 2.21. The highest BCUT2D eigenvalue weighted by Crippen LogP contribution is 2.31. The normalized spacial score (nSPS) is 18.1. The molecule has 126 valence electrons. The number of pyridine rings is 1. The molecule has 0 saturated carbocycles. The number of aryl methyl sites for hydroxylation is 1. The van der Waals surface area contributed by atoms with Crippen LogP contribution in [-0.2, 0) is 14.3 Å². The van der Waals surface area contributed by atoms with Crippen LogP contribution in [0.25, 0.3) is 0 Å². The summed E-state index contributed by atoms with van der Waals surface area (Å²) in [6.45, 7) is 8.16. The van der Waals surface area contributed by atoms with Crippen molar-refractivity contribution in [2.75, 3.05) is 6.54 Å². The molecule has 5 nitrogen and oxygen atoms in total. The topological polar surface area (TPSA) is 59.5 Å². The SMILES string of the molecule is Cc1cccc([C@H]2CCCN2C(=O)CCC(=O)OC(C)(C)C)n1. The Hall–Kier alpha value is -1.91. The number of likely N-dealkylation sites (tertiary alicyclic amines) is 1. The molecular formula is C18H26N2O3. The Morgan fingerprint density at radius 3 is 2.70 bits per heavy atom. The summed E-state index contributed by atoms with van der Waals surface area (Å²) >= 11 is 0. The quantitative estimate of drug-likeness (QED) is 0.800. The number of esters is 1.